The van der Waals surface area contributed by atoms with Crippen LogP contribution < -0.4 is 5.32 Å². The van der Waals surface area contributed by atoms with Crippen molar-refractivity contribution in [1.29, 1.82) is 0 Å². The van der Waals surface area contributed by atoms with E-state index in [1.54, 1.807) is 0 Å². The first-order valence-electron chi connectivity index (χ1n) is 7.07. The van der Waals surface area contributed by atoms with Gasteiger partial charge in [0.15, 0.2) is 0 Å². The first-order chi connectivity index (χ1) is 8.14. The molecule has 1 N–H and O–H groups in total. The molecule has 2 aliphatic carbocycles. The molecule has 3 unspecified atom stereocenters. The van der Waals surface area contributed by atoms with Gasteiger partial charge < -0.3 is 10.1 Å². The van der Waals surface area contributed by atoms with Crippen molar-refractivity contribution in [3.05, 3.63) is 0 Å². The minimum Gasteiger partial charge on any atom is -0.450 e. The van der Waals surface area contributed by atoms with Gasteiger partial charge in [-0.05, 0) is 50.4 Å². The summed E-state index contributed by atoms with van der Waals surface area (Å²) in [6.45, 7) is 4.75. The van der Waals surface area contributed by atoms with Crippen LogP contribution in [0.5, 0.6) is 0 Å². The molecule has 98 valence electrons. The zero-order chi connectivity index (χ0) is 12.3. The Labute approximate surface area is 104 Å². The summed E-state index contributed by atoms with van der Waals surface area (Å²) in [6, 6.07) is 0.338. The SMILES string of the molecule is CCOC(=O)NC1CCC2(C)CCCCC2C1. The van der Waals surface area contributed by atoms with Crippen molar-refractivity contribution in [1.82, 2.24) is 5.32 Å². The summed E-state index contributed by atoms with van der Waals surface area (Å²) in [5.41, 5.74) is 0.547. The highest BCUT2D eigenvalue weighted by Crippen LogP contribution is 2.49. The lowest BCUT2D eigenvalue weighted by Crippen LogP contribution is -2.45. The van der Waals surface area contributed by atoms with Crippen LogP contribution in [0.25, 0.3) is 0 Å². The molecule has 3 atom stereocenters. The van der Waals surface area contributed by atoms with Crippen LogP contribution in [0, 0.1) is 11.3 Å². The van der Waals surface area contributed by atoms with E-state index in [-0.39, 0.29) is 6.09 Å². The highest BCUT2D eigenvalue weighted by atomic mass is 16.5. The molecule has 3 heteroatoms. The molecule has 0 aromatic heterocycles. The molecule has 0 bridgehead atoms. The Bertz CT molecular complexity index is 279. The zero-order valence-corrected chi connectivity index (χ0v) is 11.1. The molecule has 2 aliphatic rings. The number of hydrogen-bond donors (Lipinski definition) is 1. The molecule has 0 saturated heterocycles. The lowest BCUT2D eigenvalue weighted by atomic mass is 9.59. The quantitative estimate of drug-likeness (QED) is 0.801. The highest BCUT2D eigenvalue weighted by molar-refractivity contribution is 5.67. The van der Waals surface area contributed by atoms with Crippen LogP contribution in [-0.2, 0) is 4.74 Å². The van der Waals surface area contributed by atoms with Gasteiger partial charge in [0, 0.05) is 6.04 Å². The van der Waals surface area contributed by atoms with E-state index in [0.29, 0.717) is 18.1 Å². The summed E-state index contributed by atoms with van der Waals surface area (Å²) < 4.78 is 4.96. The van der Waals surface area contributed by atoms with Crippen LogP contribution in [0.3, 0.4) is 0 Å². The van der Waals surface area contributed by atoms with Gasteiger partial charge in [-0.2, -0.15) is 0 Å². The lowest BCUT2D eigenvalue weighted by Gasteiger charge is -2.47. The van der Waals surface area contributed by atoms with Gasteiger partial charge in [0.05, 0.1) is 6.61 Å². The van der Waals surface area contributed by atoms with Gasteiger partial charge in [-0.25, -0.2) is 4.79 Å². The van der Waals surface area contributed by atoms with Crippen LogP contribution in [0.15, 0.2) is 0 Å². The third kappa shape index (κ3) is 2.93. The largest absolute Gasteiger partial charge is 0.450 e. The van der Waals surface area contributed by atoms with Crippen LogP contribution in [0.1, 0.15) is 58.8 Å². The molecule has 0 aromatic carbocycles. The second-order valence-corrected chi connectivity index (χ2v) is 5.93. The van der Waals surface area contributed by atoms with Gasteiger partial charge >= 0.3 is 6.09 Å². The summed E-state index contributed by atoms with van der Waals surface area (Å²) >= 11 is 0. The van der Waals surface area contributed by atoms with Gasteiger partial charge in [-0.15, -0.1) is 0 Å². The van der Waals surface area contributed by atoms with Gasteiger partial charge in [0.25, 0.3) is 0 Å². The smallest absolute Gasteiger partial charge is 0.407 e. The standard InChI is InChI=1S/C14H25NO2/c1-3-17-13(16)15-12-7-9-14(2)8-5-4-6-11(14)10-12/h11-12H,3-10H2,1-2H3,(H,15,16). The van der Waals surface area contributed by atoms with E-state index in [9.17, 15) is 4.79 Å². The summed E-state index contributed by atoms with van der Waals surface area (Å²) in [4.78, 5) is 11.4. The second-order valence-electron chi connectivity index (χ2n) is 5.93. The first kappa shape index (κ1) is 12.7. The first-order valence-corrected chi connectivity index (χ1v) is 7.07. The fourth-order valence-electron chi connectivity index (χ4n) is 3.64. The molecule has 0 heterocycles. The molecule has 17 heavy (non-hydrogen) atoms. The topological polar surface area (TPSA) is 38.3 Å². The maximum Gasteiger partial charge on any atom is 0.407 e. The second kappa shape index (κ2) is 5.28. The van der Waals surface area contributed by atoms with Gasteiger partial charge in [0.1, 0.15) is 0 Å². The number of carbonyl (C=O) groups excluding carboxylic acids is 1. The Morgan fingerprint density at radius 3 is 2.94 bits per heavy atom. The monoisotopic (exact) mass is 239 g/mol. The molecule has 1 amide bonds. The number of fused-ring (bicyclic) bond motifs is 1. The molecule has 0 spiro atoms. The lowest BCUT2D eigenvalue weighted by molar-refractivity contribution is 0.0463. The maximum atomic E-state index is 11.4. The molecule has 3 nitrogen and oxygen atoms in total. The molecule has 0 aromatic rings. The van der Waals surface area contributed by atoms with Gasteiger partial charge in [0.2, 0.25) is 0 Å². The van der Waals surface area contributed by atoms with Crippen LogP contribution in [0.4, 0.5) is 4.79 Å². The summed E-state index contributed by atoms with van der Waals surface area (Å²) in [7, 11) is 0. The van der Waals surface area contributed by atoms with Crippen molar-refractivity contribution >= 4 is 6.09 Å². The third-order valence-corrected chi connectivity index (χ3v) is 4.77. The summed E-state index contributed by atoms with van der Waals surface area (Å²) in [6.07, 6.45) is 8.77. The van der Waals surface area contributed by atoms with E-state index in [2.05, 4.69) is 12.2 Å². The number of ether oxygens (including phenoxy) is 1. The Morgan fingerprint density at radius 1 is 1.35 bits per heavy atom. The Hall–Kier alpha value is -0.730. The molecule has 0 aliphatic heterocycles. The fourth-order valence-corrected chi connectivity index (χ4v) is 3.64. The predicted molar refractivity (Wildman–Crippen MR) is 67.9 cm³/mol. The Balaban J connectivity index is 1.86. The summed E-state index contributed by atoms with van der Waals surface area (Å²) in [5, 5.41) is 3.01. The normalized spacial score (nSPS) is 37.1. The average Bonchev–Trinajstić information content (AvgIpc) is 2.30. The number of nitrogens with one attached hydrogen (secondary N) is 1. The van der Waals surface area contributed by atoms with Crippen molar-refractivity contribution in [3.63, 3.8) is 0 Å². The molecular formula is C14H25NO2. The van der Waals surface area contributed by atoms with Gasteiger partial charge in [-0.3, -0.25) is 0 Å². The van der Waals surface area contributed by atoms with Crippen molar-refractivity contribution in [2.75, 3.05) is 6.61 Å². The average molecular weight is 239 g/mol. The fraction of sp³-hybridized carbons (Fsp3) is 0.929. The number of carbonyl (C=O) groups is 1. The van der Waals surface area contributed by atoms with E-state index in [4.69, 9.17) is 4.74 Å². The van der Waals surface area contributed by atoms with Crippen molar-refractivity contribution < 1.29 is 9.53 Å². The molecular weight excluding hydrogens is 214 g/mol. The van der Waals surface area contributed by atoms with Gasteiger partial charge in [-0.1, -0.05) is 19.8 Å². The molecule has 2 rings (SSSR count). The Morgan fingerprint density at radius 2 is 2.18 bits per heavy atom. The van der Waals surface area contributed by atoms with E-state index < -0.39 is 0 Å². The van der Waals surface area contributed by atoms with Crippen LogP contribution in [0.2, 0.25) is 0 Å². The number of hydrogen-bond acceptors (Lipinski definition) is 2. The van der Waals surface area contributed by atoms with Crippen LogP contribution >= 0.6 is 0 Å². The molecule has 2 saturated carbocycles. The minimum atomic E-state index is -0.239. The maximum absolute atomic E-state index is 11.4. The van der Waals surface area contributed by atoms with E-state index >= 15 is 0 Å². The Kier molecular flexibility index (Phi) is 3.95. The van der Waals surface area contributed by atoms with Crippen molar-refractivity contribution in [2.24, 2.45) is 11.3 Å². The predicted octanol–water partition coefficient (Wildman–Crippen LogP) is 3.48. The molecule has 0 radical (unpaired) electrons. The highest BCUT2D eigenvalue weighted by Gasteiger charge is 2.41. The minimum absolute atomic E-state index is 0.239. The number of rotatable bonds is 2. The number of amides is 1. The van der Waals surface area contributed by atoms with Crippen LogP contribution in [-0.4, -0.2) is 18.7 Å². The summed E-state index contributed by atoms with van der Waals surface area (Å²) in [5.74, 6) is 0.803. The van der Waals surface area contributed by atoms with E-state index in [1.165, 1.54) is 32.1 Å². The van der Waals surface area contributed by atoms with E-state index in [0.717, 1.165) is 18.8 Å². The molecule has 2 fully saturated rings. The third-order valence-electron chi connectivity index (χ3n) is 4.77. The van der Waals surface area contributed by atoms with Crippen molar-refractivity contribution in [2.45, 2.75) is 64.8 Å². The zero-order valence-electron chi connectivity index (χ0n) is 11.1. The van der Waals surface area contributed by atoms with E-state index in [1.807, 2.05) is 6.92 Å². The van der Waals surface area contributed by atoms with Crippen molar-refractivity contribution in [3.8, 4) is 0 Å². The number of alkyl carbamates (subject to hydrolysis) is 1.